The lowest BCUT2D eigenvalue weighted by Gasteiger charge is -2.07. The molecule has 0 aliphatic carbocycles. The normalized spacial score (nSPS) is 12.2. The summed E-state index contributed by atoms with van der Waals surface area (Å²) in [5.74, 6) is 0. The molecule has 16 heavy (non-hydrogen) atoms. The van der Waals surface area contributed by atoms with E-state index in [9.17, 15) is 0 Å². The van der Waals surface area contributed by atoms with Gasteiger partial charge in [0.15, 0.2) is 0 Å². The smallest absolute Gasteiger partial charge is 0.0951 e. The molecule has 0 saturated carbocycles. The Morgan fingerprint density at radius 2 is 2.44 bits per heavy atom. The molecule has 0 aliphatic rings. The molecule has 1 heterocycles. The SMILES string of the molecule is C=C/C=C(\C=C/C)Cn1cncc1CCN. The zero-order valence-electron chi connectivity index (χ0n) is 9.76. The predicted molar refractivity (Wildman–Crippen MR) is 68.1 cm³/mol. The molecule has 1 aromatic heterocycles. The second-order valence-electron chi connectivity index (χ2n) is 3.53. The molecular formula is C13H19N3. The summed E-state index contributed by atoms with van der Waals surface area (Å²) in [6, 6.07) is 0. The Balaban J connectivity index is 2.80. The van der Waals surface area contributed by atoms with Crippen molar-refractivity contribution in [3.63, 3.8) is 0 Å². The Bertz CT molecular complexity index is 386. The van der Waals surface area contributed by atoms with Crippen LogP contribution in [0, 0.1) is 0 Å². The second kappa shape index (κ2) is 6.80. The van der Waals surface area contributed by atoms with Gasteiger partial charge in [0.2, 0.25) is 0 Å². The largest absolute Gasteiger partial charge is 0.330 e. The number of imidazole rings is 1. The van der Waals surface area contributed by atoms with Crippen molar-refractivity contribution in [3.8, 4) is 0 Å². The van der Waals surface area contributed by atoms with Gasteiger partial charge in [0, 0.05) is 24.9 Å². The number of rotatable bonds is 6. The van der Waals surface area contributed by atoms with Crippen molar-refractivity contribution in [3.05, 3.63) is 54.7 Å². The molecule has 3 nitrogen and oxygen atoms in total. The minimum atomic E-state index is 0.649. The van der Waals surface area contributed by atoms with Crippen LogP contribution in [0.15, 0.2) is 49.0 Å². The minimum Gasteiger partial charge on any atom is -0.330 e. The number of nitrogens with two attached hydrogens (primary N) is 1. The van der Waals surface area contributed by atoms with Crippen LogP contribution >= 0.6 is 0 Å². The van der Waals surface area contributed by atoms with Gasteiger partial charge in [-0.3, -0.25) is 0 Å². The Morgan fingerprint density at radius 1 is 1.62 bits per heavy atom. The van der Waals surface area contributed by atoms with Crippen LogP contribution in [0.25, 0.3) is 0 Å². The zero-order valence-corrected chi connectivity index (χ0v) is 9.76. The topological polar surface area (TPSA) is 43.8 Å². The monoisotopic (exact) mass is 217 g/mol. The van der Waals surface area contributed by atoms with Crippen molar-refractivity contribution in [1.29, 1.82) is 0 Å². The van der Waals surface area contributed by atoms with E-state index in [4.69, 9.17) is 5.73 Å². The first kappa shape index (κ1) is 12.5. The van der Waals surface area contributed by atoms with E-state index >= 15 is 0 Å². The molecule has 0 aromatic carbocycles. The maximum Gasteiger partial charge on any atom is 0.0951 e. The van der Waals surface area contributed by atoms with Crippen LogP contribution in [0.4, 0.5) is 0 Å². The highest BCUT2D eigenvalue weighted by molar-refractivity contribution is 5.23. The van der Waals surface area contributed by atoms with Crippen molar-refractivity contribution in [2.24, 2.45) is 5.73 Å². The van der Waals surface area contributed by atoms with Crippen LogP contribution in [-0.4, -0.2) is 16.1 Å². The van der Waals surface area contributed by atoms with Gasteiger partial charge in [-0.15, -0.1) is 0 Å². The molecule has 1 rings (SSSR count). The molecule has 0 bridgehead atoms. The molecule has 0 fully saturated rings. The van der Waals surface area contributed by atoms with Crippen LogP contribution in [0.3, 0.4) is 0 Å². The Labute approximate surface area is 97.0 Å². The van der Waals surface area contributed by atoms with Gasteiger partial charge in [-0.25, -0.2) is 4.98 Å². The number of aromatic nitrogens is 2. The van der Waals surface area contributed by atoms with E-state index in [0.717, 1.165) is 13.0 Å². The van der Waals surface area contributed by atoms with Gasteiger partial charge in [0.25, 0.3) is 0 Å². The molecule has 0 amide bonds. The quantitative estimate of drug-likeness (QED) is 0.741. The lowest BCUT2D eigenvalue weighted by atomic mass is 10.2. The molecule has 86 valence electrons. The third-order valence-electron chi connectivity index (χ3n) is 2.26. The van der Waals surface area contributed by atoms with Crippen LogP contribution < -0.4 is 5.73 Å². The fourth-order valence-corrected chi connectivity index (χ4v) is 1.57. The Kier molecular flexibility index (Phi) is 5.29. The maximum absolute atomic E-state index is 5.55. The lowest BCUT2D eigenvalue weighted by Crippen LogP contribution is -2.09. The molecule has 0 unspecified atom stereocenters. The highest BCUT2D eigenvalue weighted by Gasteiger charge is 2.01. The number of hydrogen-bond donors (Lipinski definition) is 1. The van der Waals surface area contributed by atoms with E-state index in [0.29, 0.717) is 6.54 Å². The van der Waals surface area contributed by atoms with E-state index in [-0.39, 0.29) is 0 Å². The van der Waals surface area contributed by atoms with Crippen LogP contribution in [0.5, 0.6) is 0 Å². The average Bonchev–Trinajstić information content (AvgIpc) is 2.67. The van der Waals surface area contributed by atoms with Crippen LogP contribution in [-0.2, 0) is 13.0 Å². The maximum atomic E-state index is 5.55. The average molecular weight is 217 g/mol. The first-order valence-corrected chi connectivity index (χ1v) is 5.45. The van der Waals surface area contributed by atoms with E-state index in [1.54, 1.807) is 6.08 Å². The van der Waals surface area contributed by atoms with E-state index < -0.39 is 0 Å². The second-order valence-corrected chi connectivity index (χ2v) is 3.53. The number of hydrogen-bond acceptors (Lipinski definition) is 2. The summed E-state index contributed by atoms with van der Waals surface area (Å²) in [5, 5.41) is 0. The standard InChI is InChI=1S/C13H19N3/c1-3-5-12(6-4-2)10-16-11-15-9-13(16)7-8-14/h3-6,9,11H,1,7-8,10,14H2,2H3/b6-4-,12-5+. The molecule has 0 saturated heterocycles. The summed E-state index contributed by atoms with van der Waals surface area (Å²) in [5.41, 5.74) is 7.92. The van der Waals surface area contributed by atoms with Gasteiger partial charge in [0.05, 0.1) is 6.33 Å². The van der Waals surface area contributed by atoms with Crippen molar-refractivity contribution >= 4 is 0 Å². The molecule has 0 radical (unpaired) electrons. The lowest BCUT2D eigenvalue weighted by molar-refractivity contribution is 0.732. The molecule has 3 heteroatoms. The summed E-state index contributed by atoms with van der Waals surface area (Å²) >= 11 is 0. The van der Waals surface area contributed by atoms with Crippen LogP contribution in [0.2, 0.25) is 0 Å². The van der Waals surface area contributed by atoms with Gasteiger partial charge in [0.1, 0.15) is 0 Å². The predicted octanol–water partition coefficient (Wildman–Crippen LogP) is 2.07. The van der Waals surface area contributed by atoms with Crippen LogP contribution in [0.1, 0.15) is 12.6 Å². The molecule has 0 aliphatic heterocycles. The molecule has 0 atom stereocenters. The van der Waals surface area contributed by atoms with Gasteiger partial charge in [-0.2, -0.15) is 0 Å². The minimum absolute atomic E-state index is 0.649. The Morgan fingerprint density at radius 3 is 3.06 bits per heavy atom. The highest BCUT2D eigenvalue weighted by Crippen LogP contribution is 2.07. The fraction of sp³-hybridized carbons (Fsp3) is 0.308. The Hall–Kier alpha value is -1.61. The van der Waals surface area contributed by atoms with E-state index in [1.807, 2.05) is 31.6 Å². The van der Waals surface area contributed by atoms with Gasteiger partial charge < -0.3 is 10.3 Å². The summed E-state index contributed by atoms with van der Waals surface area (Å²) in [4.78, 5) is 4.14. The van der Waals surface area contributed by atoms with Crippen molar-refractivity contribution in [2.45, 2.75) is 19.9 Å². The first-order valence-electron chi connectivity index (χ1n) is 5.45. The third kappa shape index (κ3) is 3.51. The zero-order chi connectivity index (χ0) is 11.8. The van der Waals surface area contributed by atoms with Crippen molar-refractivity contribution < 1.29 is 0 Å². The summed E-state index contributed by atoms with van der Waals surface area (Å²) in [6.45, 7) is 7.18. The number of allylic oxidation sites excluding steroid dienone is 5. The van der Waals surface area contributed by atoms with Gasteiger partial charge in [-0.05, 0) is 19.0 Å². The summed E-state index contributed by atoms with van der Waals surface area (Å²) in [7, 11) is 0. The third-order valence-corrected chi connectivity index (χ3v) is 2.26. The van der Waals surface area contributed by atoms with E-state index in [1.165, 1.54) is 11.3 Å². The van der Waals surface area contributed by atoms with E-state index in [2.05, 4.69) is 22.2 Å². The molecule has 2 N–H and O–H groups in total. The first-order chi connectivity index (χ1) is 7.81. The highest BCUT2D eigenvalue weighted by atomic mass is 15.0. The van der Waals surface area contributed by atoms with Crippen molar-refractivity contribution in [1.82, 2.24) is 9.55 Å². The molecule has 1 aromatic rings. The van der Waals surface area contributed by atoms with Gasteiger partial charge in [-0.1, -0.05) is 30.9 Å². The van der Waals surface area contributed by atoms with Crippen molar-refractivity contribution in [2.75, 3.05) is 6.54 Å². The summed E-state index contributed by atoms with van der Waals surface area (Å²) in [6.07, 6.45) is 12.5. The molecular weight excluding hydrogens is 198 g/mol. The summed E-state index contributed by atoms with van der Waals surface area (Å²) < 4.78 is 2.11. The molecule has 0 spiro atoms. The number of nitrogens with zero attached hydrogens (tertiary/aromatic N) is 2. The van der Waals surface area contributed by atoms with Gasteiger partial charge >= 0.3 is 0 Å². The fourth-order valence-electron chi connectivity index (χ4n) is 1.57.